The van der Waals surface area contributed by atoms with Gasteiger partial charge >= 0.3 is 0 Å². The summed E-state index contributed by atoms with van der Waals surface area (Å²) < 4.78 is 17.5. The fourth-order valence-corrected chi connectivity index (χ4v) is 3.25. The molecule has 1 fully saturated rings. The van der Waals surface area contributed by atoms with E-state index in [0.717, 1.165) is 42.4 Å². The molecule has 2 atom stereocenters. The van der Waals surface area contributed by atoms with Gasteiger partial charge < -0.3 is 14.2 Å². The van der Waals surface area contributed by atoms with Crippen molar-refractivity contribution in [1.29, 1.82) is 0 Å². The molecule has 26 heavy (non-hydrogen) atoms. The number of halogens is 1. The van der Waals surface area contributed by atoms with Crippen LogP contribution in [0.5, 0.6) is 11.5 Å². The van der Waals surface area contributed by atoms with Crippen LogP contribution in [0.2, 0.25) is 5.02 Å². The summed E-state index contributed by atoms with van der Waals surface area (Å²) in [5.41, 5.74) is 1.27. The van der Waals surface area contributed by atoms with Gasteiger partial charge in [-0.05, 0) is 56.0 Å². The van der Waals surface area contributed by atoms with Crippen LogP contribution in [-0.4, -0.2) is 32.1 Å². The van der Waals surface area contributed by atoms with Crippen molar-refractivity contribution in [2.45, 2.75) is 38.5 Å². The van der Waals surface area contributed by atoms with Crippen LogP contribution >= 0.6 is 11.6 Å². The first-order valence-corrected chi connectivity index (χ1v) is 9.59. The molecule has 1 saturated heterocycles. The molecule has 0 radical (unpaired) electrons. The molecule has 0 aliphatic carbocycles. The van der Waals surface area contributed by atoms with Crippen molar-refractivity contribution < 1.29 is 14.2 Å². The number of hydrogen-bond donors (Lipinski definition) is 1. The van der Waals surface area contributed by atoms with Gasteiger partial charge in [-0.15, -0.1) is 0 Å². The van der Waals surface area contributed by atoms with Gasteiger partial charge in [-0.3, -0.25) is 5.32 Å². The second-order valence-corrected chi connectivity index (χ2v) is 6.82. The Balaban J connectivity index is 1.56. The monoisotopic (exact) mass is 375 g/mol. The molecule has 0 amide bonds. The summed E-state index contributed by atoms with van der Waals surface area (Å²) in [6, 6.07) is 16.1. The van der Waals surface area contributed by atoms with E-state index >= 15 is 0 Å². The Hall–Kier alpha value is -1.75. The summed E-state index contributed by atoms with van der Waals surface area (Å²) in [6.07, 6.45) is 2.93. The lowest BCUT2D eigenvalue weighted by atomic mass is 10.0. The van der Waals surface area contributed by atoms with E-state index < -0.39 is 0 Å². The molecule has 0 saturated carbocycles. The Morgan fingerprint density at radius 3 is 2.54 bits per heavy atom. The highest BCUT2D eigenvalue weighted by Gasteiger charge is 2.21. The highest BCUT2D eigenvalue weighted by atomic mass is 35.5. The maximum atomic E-state index is 5.98. The first kappa shape index (κ1) is 19.0. The SMILES string of the molecule is CCOc1ccccc1OCC1NC(Cc2ccc(Cl)cc2)CCCO1. The summed E-state index contributed by atoms with van der Waals surface area (Å²) in [5.74, 6) is 1.51. The molecule has 5 heteroatoms. The number of para-hydroxylation sites is 2. The zero-order valence-corrected chi connectivity index (χ0v) is 15.9. The van der Waals surface area contributed by atoms with E-state index in [1.165, 1.54) is 5.56 Å². The molecule has 1 heterocycles. The van der Waals surface area contributed by atoms with Crippen molar-refractivity contribution in [3.05, 3.63) is 59.1 Å². The molecular weight excluding hydrogens is 350 g/mol. The Kier molecular flexibility index (Phi) is 7.18. The third-order valence-corrected chi connectivity index (χ3v) is 4.62. The van der Waals surface area contributed by atoms with Crippen LogP contribution in [0.3, 0.4) is 0 Å². The number of rotatable bonds is 7. The molecular formula is C21H26ClNO3. The molecule has 0 bridgehead atoms. The highest BCUT2D eigenvalue weighted by molar-refractivity contribution is 6.30. The quantitative estimate of drug-likeness (QED) is 0.775. The van der Waals surface area contributed by atoms with Crippen LogP contribution in [0.4, 0.5) is 0 Å². The van der Waals surface area contributed by atoms with Crippen LogP contribution in [0.25, 0.3) is 0 Å². The fraction of sp³-hybridized carbons (Fsp3) is 0.429. The second kappa shape index (κ2) is 9.81. The van der Waals surface area contributed by atoms with E-state index in [9.17, 15) is 0 Å². The zero-order chi connectivity index (χ0) is 18.2. The molecule has 1 aliphatic rings. The normalized spacial score (nSPS) is 20.4. The van der Waals surface area contributed by atoms with Gasteiger partial charge in [0.15, 0.2) is 11.5 Å². The molecule has 0 aromatic heterocycles. The van der Waals surface area contributed by atoms with Gasteiger partial charge in [0.1, 0.15) is 12.8 Å². The molecule has 3 rings (SSSR count). The number of benzene rings is 2. The van der Waals surface area contributed by atoms with Crippen molar-refractivity contribution >= 4 is 11.6 Å². The lowest BCUT2D eigenvalue weighted by molar-refractivity contribution is 0.00515. The van der Waals surface area contributed by atoms with Crippen LogP contribution in [-0.2, 0) is 11.2 Å². The van der Waals surface area contributed by atoms with Crippen LogP contribution in [0.1, 0.15) is 25.3 Å². The Morgan fingerprint density at radius 1 is 1.08 bits per heavy atom. The molecule has 1 aliphatic heterocycles. The third-order valence-electron chi connectivity index (χ3n) is 4.37. The van der Waals surface area contributed by atoms with Crippen molar-refractivity contribution in [3.8, 4) is 11.5 Å². The predicted octanol–water partition coefficient (Wildman–Crippen LogP) is 4.45. The van der Waals surface area contributed by atoms with Crippen molar-refractivity contribution in [2.24, 2.45) is 0 Å². The molecule has 4 nitrogen and oxygen atoms in total. The molecule has 140 valence electrons. The first-order valence-electron chi connectivity index (χ1n) is 9.21. The lowest BCUT2D eigenvalue weighted by Gasteiger charge is -2.23. The van der Waals surface area contributed by atoms with Gasteiger partial charge in [-0.2, -0.15) is 0 Å². The van der Waals surface area contributed by atoms with E-state index in [0.29, 0.717) is 19.3 Å². The number of ether oxygens (including phenoxy) is 3. The highest BCUT2D eigenvalue weighted by Crippen LogP contribution is 2.26. The van der Waals surface area contributed by atoms with E-state index in [4.69, 9.17) is 25.8 Å². The molecule has 2 aromatic rings. The topological polar surface area (TPSA) is 39.7 Å². The van der Waals surface area contributed by atoms with Crippen LogP contribution in [0.15, 0.2) is 48.5 Å². The average molecular weight is 376 g/mol. The Bertz CT molecular complexity index is 677. The number of nitrogens with one attached hydrogen (secondary N) is 1. The van der Waals surface area contributed by atoms with Crippen molar-refractivity contribution in [1.82, 2.24) is 5.32 Å². The standard InChI is InChI=1S/C21H26ClNO3/c1-2-24-19-7-3-4-8-20(19)26-15-21-23-18(6-5-13-25-21)14-16-9-11-17(22)12-10-16/h3-4,7-12,18,21,23H,2,5-6,13-15H2,1H3. The predicted molar refractivity (Wildman–Crippen MR) is 104 cm³/mol. The lowest BCUT2D eigenvalue weighted by Crippen LogP contribution is -2.42. The van der Waals surface area contributed by atoms with Crippen LogP contribution < -0.4 is 14.8 Å². The van der Waals surface area contributed by atoms with E-state index in [-0.39, 0.29) is 6.23 Å². The minimum Gasteiger partial charge on any atom is -0.490 e. The summed E-state index contributed by atoms with van der Waals surface area (Å²) in [6.45, 7) is 3.77. The Labute approximate surface area is 160 Å². The molecule has 0 spiro atoms. The smallest absolute Gasteiger partial charge is 0.161 e. The zero-order valence-electron chi connectivity index (χ0n) is 15.1. The molecule has 1 N–H and O–H groups in total. The van der Waals surface area contributed by atoms with Gasteiger partial charge in [-0.1, -0.05) is 35.9 Å². The largest absolute Gasteiger partial charge is 0.490 e. The van der Waals surface area contributed by atoms with Gasteiger partial charge in [0.05, 0.1) is 6.61 Å². The minimum absolute atomic E-state index is 0.135. The second-order valence-electron chi connectivity index (χ2n) is 6.39. The summed E-state index contributed by atoms with van der Waals surface area (Å²) in [7, 11) is 0. The van der Waals surface area contributed by atoms with Crippen molar-refractivity contribution in [3.63, 3.8) is 0 Å². The van der Waals surface area contributed by atoms with E-state index in [2.05, 4.69) is 17.4 Å². The summed E-state index contributed by atoms with van der Waals surface area (Å²) in [4.78, 5) is 0. The van der Waals surface area contributed by atoms with Gasteiger partial charge in [0.25, 0.3) is 0 Å². The fourth-order valence-electron chi connectivity index (χ4n) is 3.12. The van der Waals surface area contributed by atoms with Gasteiger partial charge in [0, 0.05) is 17.7 Å². The van der Waals surface area contributed by atoms with Crippen LogP contribution in [0, 0.1) is 0 Å². The average Bonchev–Trinajstić information content (AvgIpc) is 2.88. The minimum atomic E-state index is -0.135. The van der Waals surface area contributed by atoms with E-state index in [1.807, 2.05) is 43.3 Å². The summed E-state index contributed by atoms with van der Waals surface area (Å²) >= 11 is 5.98. The maximum Gasteiger partial charge on any atom is 0.161 e. The van der Waals surface area contributed by atoms with Gasteiger partial charge in [-0.25, -0.2) is 0 Å². The number of hydrogen-bond acceptors (Lipinski definition) is 4. The first-order chi connectivity index (χ1) is 12.7. The third kappa shape index (κ3) is 5.63. The molecule has 2 unspecified atom stereocenters. The van der Waals surface area contributed by atoms with E-state index in [1.54, 1.807) is 0 Å². The van der Waals surface area contributed by atoms with Gasteiger partial charge in [0.2, 0.25) is 0 Å². The van der Waals surface area contributed by atoms with Crippen molar-refractivity contribution in [2.75, 3.05) is 19.8 Å². The summed E-state index contributed by atoms with van der Waals surface area (Å²) in [5, 5.41) is 4.35. The molecule has 2 aromatic carbocycles. The Morgan fingerprint density at radius 2 is 1.81 bits per heavy atom. The maximum absolute atomic E-state index is 5.98.